The maximum Gasteiger partial charge on any atom is 0.221 e. The number of methoxy groups -OCH3 is 2. The number of ether oxygens (including phenoxy) is 2. The summed E-state index contributed by atoms with van der Waals surface area (Å²) in [5.74, 6) is -1.14. The smallest absolute Gasteiger partial charge is 0.221 e. The number of hydrogen-bond donors (Lipinski definition) is 0. The standard InChI is InChI=1S/C29H35NO6/c1-35-22-13-8-19(9-14-22)10-17-25(31)28-26(32)18-24(20-11-15-23(36-2)16-12-20)29(30(33)34)27(28)21-6-4-3-5-7-21/h8-11,13-17,20-21,24,27-29H,3-7,12,18H2,1-2H3/b17-10+/t20?,24-,27+,28?,29+/m1/s1. The highest BCUT2D eigenvalue weighted by Gasteiger charge is 2.56. The van der Waals surface area contributed by atoms with E-state index in [-0.39, 0.29) is 34.7 Å². The molecule has 1 aromatic rings. The third kappa shape index (κ3) is 5.61. The first-order valence-corrected chi connectivity index (χ1v) is 12.9. The first-order valence-electron chi connectivity index (χ1n) is 12.9. The third-order valence-corrected chi connectivity index (χ3v) is 8.19. The van der Waals surface area contributed by atoms with E-state index < -0.39 is 23.8 Å². The fraction of sp³-hybridized carbons (Fsp3) is 0.517. The summed E-state index contributed by atoms with van der Waals surface area (Å²) in [6.07, 6.45) is 14.2. The van der Waals surface area contributed by atoms with E-state index in [9.17, 15) is 19.7 Å². The van der Waals surface area contributed by atoms with Crippen molar-refractivity contribution in [3.63, 3.8) is 0 Å². The van der Waals surface area contributed by atoms with E-state index in [0.29, 0.717) is 12.2 Å². The lowest BCUT2D eigenvalue weighted by molar-refractivity contribution is -0.548. The summed E-state index contributed by atoms with van der Waals surface area (Å²) < 4.78 is 10.5. The Labute approximate surface area is 212 Å². The summed E-state index contributed by atoms with van der Waals surface area (Å²) in [5.41, 5.74) is 0.804. The molecule has 2 saturated carbocycles. The van der Waals surface area contributed by atoms with Crippen molar-refractivity contribution in [2.45, 2.75) is 51.0 Å². The molecule has 3 aliphatic rings. The highest BCUT2D eigenvalue weighted by atomic mass is 16.6. The number of nitro groups is 1. The van der Waals surface area contributed by atoms with E-state index >= 15 is 0 Å². The van der Waals surface area contributed by atoms with Gasteiger partial charge < -0.3 is 9.47 Å². The molecule has 0 amide bonds. The molecule has 4 rings (SSSR count). The molecule has 0 N–H and O–H groups in total. The Kier molecular flexibility index (Phi) is 8.39. The van der Waals surface area contributed by atoms with Crippen LogP contribution in [0.5, 0.6) is 5.75 Å². The number of nitrogens with zero attached hydrogens (tertiary/aromatic N) is 1. The maximum absolute atomic E-state index is 13.6. The molecule has 36 heavy (non-hydrogen) atoms. The van der Waals surface area contributed by atoms with Gasteiger partial charge in [0.15, 0.2) is 5.78 Å². The quantitative estimate of drug-likeness (QED) is 0.207. The number of benzene rings is 1. The van der Waals surface area contributed by atoms with E-state index in [1.165, 1.54) is 6.08 Å². The van der Waals surface area contributed by atoms with E-state index in [0.717, 1.165) is 43.4 Å². The Morgan fingerprint density at radius 3 is 2.39 bits per heavy atom. The third-order valence-electron chi connectivity index (χ3n) is 8.19. The van der Waals surface area contributed by atoms with Crippen molar-refractivity contribution in [1.82, 2.24) is 0 Å². The molecule has 192 valence electrons. The summed E-state index contributed by atoms with van der Waals surface area (Å²) in [6, 6.07) is 6.33. The summed E-state index contributed by atoms with van der Waals surface area (Å²) >= 11 is 0. The molecule has 2 fully saturated rings. The van der Waals surface area contributed by atoms with Gasteiger partial charge in [-0.3, -0.25) is 19.7 Å². The minimum absolute atomic E-state index is 0.00175. The topological polar surface area (TPSA) is 95.7 Å². The van der Waals surface area contributed by atoms with Crippen LogP contribution >= 0.6 is 0 Å². The van der Waals surface area contributed by atoms with Crippen molar-refractivity contribution >= 4 is 17.6 Å². The molecule has 0 aliphatic heterocycles. The first-order chi connectivity index (χ1) is 17.4. The normalized spacial score (nSPS) is 29.1. The van der Waals surface area contributed by atoms with Crippen LogP contribution < -0.4 is 4.74 Å². The number of rotatable bonds is 8. The number of ketones is 2. The second kappa shape index (κ2) is 11.7. The Balaban J connectivity index is 1.64. The number of Topliss-reactive ketones (excluding diaryl/α,β-unsaturated/α-hetero) is 1. The van der Waals surface area contributed by atoms with Crippen molar-refractivity contribution in [2.75, 3.05) is 14.2 Å². The average molecular weight is 494 g/mol. The highest BCUT2D eigenvalue weighted by Crippen LogP contribution is 2.47. The fourth-order valence-electron chi connectivity index (χ4n) is 6.38. The van der Waals surface area contributed by atoms with Gasteiger partial charge in [0.1, 0.15) is 17.3 Å². The minimum atomic E-state index is -0.966. The van der Waals surface area contributed by atoms with Crippen molar-refractivity contribution in [3.8, 4) is 5.75 Å². The van der Waals surface area contributed by atoms with Crippen molar-refractivity contribution in [1.29, 1.82) is 0 Å². The van der Waals surface area contributed by atoms with Crippen LogP contribution in [-0.2, 0) is 14.3 Å². The number of hydrogen-bond acceptors (Lipinski definition) is 6. The van der Waals surface area contributed by atoms with E-state index in [2.05, 4.69) is 0 Å². The van der Waals surface area contributed by atoms with Crippen LogP contribution in [0.15, 0.2) is 54.3 Å². The van der Waals surface area contributed by atoms with Gasteiger partial charge in [0.05, 0.1) is 20.1 Å². The van der Waals surface area contributed by atoms with Crippen molar-refractivity contribution in [2.24, 2.45) is 29.6 Å². The first kappa shape index (κ1) is 25.9. The van der Waals surface area contributed by atoms with Crippen molar-refractivity contribution < 1.29 is 24.0 Å². The Morgan fingerprint density at radius 2 is 1.81 bits per heavy atom. The molecule has 5 atom stereocenters. The van der Waals surface area contributed by atoms with Gasteiger partial charge in [-0.05, 0) is 67.0 Å². The Bertz CT molecular complexity index is 1050. The van der Waals surface area contributed by atoms with E-state index in [1.807, 2.05) is 30.4 Å². The SMILES string of the molecule is COC1=CCC([C@H]2CC(=O)C(C(=O)/C=C/c3ccc(OC)cc3)[C@H](C3CCCCC3)[C@H]2[N+](=O)[O-])C=C1. The van der Waals surface area contributed by atoms with Gasteiger partial charge >= 0.3 is 0 Å². The van der Waals surface area contributed by atoms with Gasteiger partial charge in [0, 0.05) is 23.2 Å². The summed E-state index contributed by atoms with van der Waals surface area (Å²) in [6.45, 7) is 0. The van der Waals surface area contributed by atoms with Crippen LogP contribution in [-0.4, -0.2) is 36.8 Å². The van der Waals surface area contributed by atoms with Crippen LogP contribution in [0.25, 0.3) is 6.08 Å². The molecule has 0 bridgehead atoms. The zero-order chi connectivity index (χ0) is 25.7. The molecule has 7 heteroatoms. The molecule has 0 spiro atoms. The molecule has 0 radical (unpaired) electrons. The number of carbonyl (C=O) groups excluding carboxylic acids is 2. The molecule has 2 unspecified atom stereocenters. The van der Waals surface area contributed by atoms with Gasteiger partial charge in [0.2, 0.25) is 6.04 Å². The van der Waals surface area contributed by atoms with Crippen molar-refractivity contribution in [3.05, 3.63) is 70.0 Å². The lowest BCUT2D eigenvalue weighted by Gasteiger charge is -2.43. The fourth-order valence-corrected chi connectivity index (χ4v) is 6.38. The van der Waals surface area contributed by atoms with Gasteiger partial charge in [-0.2, -0.15) is 0 Å². The molecule has 1 aromatic carbocycles. The van der Waals surface area contributed by atoms with E-state index in [1.54, 1.807) is 32.4 Å². The molecular formula is C29H35NO6. The van der Waals surface area contributed by atoms with Gasteiger partial charge in [-0.25, -0.2) is 0 Å². The van der Waals surface area contributed by atoms with Crippen LogP contribution in [0.3, 0.4) is 0 Å². The molecule has 7 nitrogen and oxygen atoms in total. The zero-order valence-corrected chi connectivity index (χ0v) is 21.0. The lowest BCUT2D eigenvalue weighted by Crippen LogP contribution is -2.55. The van der Waals surface area contributed by atoms with Gasteiger partial charge in [0.25, 0.3) is 0 Å². The molecular weight excluding hydrogens is 458 g/mol. The zero-order valence-electron chi connectivity index (χ0n) is 21.0. The van der Waals surface area contributed by atoms with Crippen LogP contribution in [0.2, 0.25) is 0 Å². The predicted molar refractivity (Wildman–Crippen MR) is 137 cm³/mol. The second-order valence-electron chi connectivity index (χ2n) is 10.1. The minimum Gasteiger partial charge on any atom is -0.497 e. The highest BCUT2D eigenvalue weighted by molar-refractivity contribution is 6.09. The Hall–Kier alpha value is -3.22. The lowest BCUT2D eigenvalue weighted by atomic mass is 9.58. The van der Waals surface area contributed by atoms with Crippen LogP contribution in [0, 0.1) is 39.7 Å². The second-order valence-corrected chi connectivity index (χ2v) is 10.1. The number of allylic oxidation sites excluding steroid dienone is 4. The van der Waals surface area contributed by atoms with E-state index in [4.69, 9.17) is 9.47 Å². The summed E-state index contributed by atoms with van der Waals surface area (Å²) in [7, 11) is 3.18. The molecule has 3 aliphatic carbocycles. The maximum atomic E-state index is 13.6. The van der Waals surface area contributed by atoms with Gasteiger partial charge in [-0.1, -0.05) is 43.5 Å². The summed E-state index contributed by atoms with van der Waals surface area (Å²) in [5, 5.41) is 12.6. The van der Waals surface area contributed by atoms with Gasteiger partial charge in [-0.15, -0.1) is 0 Å². The number of carbonyl (C=O) groups is 2. The molecule has 0 aromatic heterocycles. The summed E-state index contributed by atoms with van der Waals surface area (Å²) in [4.78, 5) is 39.4. The van der Waals surface area contributed by atoms with Crippen LogP contribution in [0.1, 0.15) is 50.5 Å². The predicted octanol–water partition coefficient (Wildman–Crippen LogP) is 5.43. The monoisotopic (exact) mass is 493 g/mol. The largest absolute Gasteiger partial charge is 0.497 e. The molecule has 0 saturated heterocycles. The molecule has 0 heterocycles. The van der Waals surface area contributed by atoms with Crippen LogP contribution in [0.4, 0.5) is 0 Å². The average Bonchev–Trinajstić information content (AvgIpc) is 2.91. The Morgan fingerprint density at radius 1 is 1.08 bits per heavy atom.